The van der Waals surface area contributed by atoms with Gasteiger partial charge in [0.15, 0.2) is 17.5 Å². The van der Waals surface area contributed by atoms with Gasteiger partial charge in [0.2, 0.25) is 0 Å². The summed E-state index contributed by atoms with van der Waals surface area (Å²) in [6.45, 7) is 9.90. The lowest BCUT2D eigenvalue weighted by Crippen LogP contribution is -2.47. The second kappa shape index (κ2) is 12.8. The molecule has 32 heavy (non-hydrogen) atoms. The monoisotopic (exact) mass is 439 g/mol. The number of ether oxygens (including phenoxy) is 2. The molecule has 0 aliphatic carbocycles. The molecular formula is C25H37N5O2. The van der Waals surface area contributed by atoms with Crippen LogP contribution in [0.1, 0.15) is 18.9 Å². The number of nitrogens with zero attached hydrogens (tertiary/aromatic N) is 3. The van der Waals surface area contributed by atoms with Crippen molar-refractivity contribution in [1.82, 2.24) is 15.5 Å². The third-order valence-corrected chi connectivity index (χ3v) is 5.65. The van der Waals surface area contributed by atoms with E-state index in [2.05, 4.69) is 57.7 Å². The molecule has 1 aliphatic heterocycles. The third kappa shape index (κ3) is 7.05. The van der Waals surface area contributed by atoms with Gasteiger partial charge < -0.3 is 25.0 Å². The summed E-state index contributed by atoms with van der Waals surface area (Å²) in [6.07, 6.45) is 1.09. The van der Waals surface area contributed by atoms with Gasteiger partial charge in [0, 0.05) is 45.0 Å². The van der Waals surface area contributed by atoms with E-state index in [1.165, 1.54) is 5.69 Å². The zero-order valence-electron chi connectivity index (χ0n) is 19.6. The highest BCUT2D eigenvalue weighted by Gasteiger charge is 2.16. The normalized spacial score (nSPS) is 14.8. The van der Waals surface area contributed by atoms with Crippen LogP contribution >= 0.6 is 0 Å². The Morgan fingerprint density at radius 1 is 0.938 bits per heavy atom. The van der Waals surface area contributed by atoms with Crippen molar-refractivity contribution in [2.24, 2.45) is 4.99 Å². The lowest BCUT2D eigenvalue weighted by atomic mass is 10.2. The SMILES string of the molecule is CCNC(=NCc1ccc(OC)c(OC)c1)NCCCN1CCN(c2ccccc2)CC1. The zero-order valence-corrected chi connectivity index (χ0v) is 19.6. The predicted molar refractivity (Wildman–Crippen MR) is 132 cm³/mol. The van der Waals surface area contributed by atoms with Gasteiger partial charge in [-0.05, 0) is 49.7 Å². The molecule has 1 aliphatic rings. The smallest absolute Gasteiger partial charge is 0.191 e. The molecule has 0 bridgehead atoms. The molecule has 174 valence electrons. The Morgan fingerprint density at radius 3 is 2.38 bits per heavy atom. The highest BCUT2D eigenvalue weighted by molar-refractivity contribution is 5.79. The van der Waals surface area contributed by atoms with Crippen molar-refractivity contribution in [3.05, 3.63) is 54.1 Å². The molecule has 1 heterocycles. The Labute approximate surface area is 192 Å². The van der Waals surface area contributed by atoms with Crippen LogP contribution in [0.25, 0.3) is 0 Å². The largest absolute Gasteiger partial charge is 0.493 e. The quantitative estimate of drug-likeness (QED) is 0.337. The number of hydrogen-bond donors (Lipinski definition) is 2. The maximum atomic E-state index is 5.39. The summed E-state index contributed by atoms with van der Waals surface area (Å²) in [7, 11) is 3.30. The number of benzene rings is 2. The molecule has 0 unspecified atom stereocenters. The van der Waals surface area contributed by atoms with E-state index in [0.29, 0.717) is 6.54 Å². The molecule has 3 rings (SSSR count). The van der Waals surface area contributed by atoms with Crippen LogP contribution in [0.15, 0.2) is 53.5 Å². The van der Waals surface area contributed by atoms with E-state index in [4.69, 9.17) is 14.5 Å². The number of aliphatic imine (C=N–C) groups is 1. The maximum absolute atomic E-state index is 5.39. The first-order valence-electron chi connectivity index (χ1n) is 11.5. The van der Waals surface area contributed by atoms with Gasteiger partial charge in [-0.25, -0.2) is 4.99 Å². The van der Waals surface area contributed by atoms with Crippen molar-refractivity contribution in [2.45, 2.75) is 19.9 Å². The molecule has 1 saturated heterocycles. The van der Waals surface area contributed by atoms with Crippen molar-refractivity contribution in [3.63, 3.8) is 0 Å². The van der Waals surface area contributed by atoms with Gasteiger partial charge in [-0.15, -0.1) is 0 Å². The highest BCUT2D eigenvalue weighted by atomic mass is 16.5. The van der Waals surface area contributed by atoms with Crippen molar-refractivity contribution >= 4 is 11.6 Å². The topological polar surface area (TPSA) is 61.4 Å². The molecule has 0 saturated carbocycles. The van der Waals surface area contributed by atoms with E-state index in [0.717, 1.165) is 75.3 Å². The van der Waals surface area contributed by atoms with E-state index >= 15 is 0 Å². The lowest BCUT2D eigenvalue weighted by molar-refractivity contribution is 0.255. The number of para-hydroxylation sites is 1. The molecule has 7 heteroatoms. The molecule has 1 fully saturated rings. The molecule has 0 aromatic heterocycles. The van der Waals surface area contributed by atoms with Crippen molar-refractivity contribution in [1.29, 1.82) is 0 Å². The summed E-state index contributed by atoms with van der Waals surface area (Å²) >= 11 is 0. The predicted octanol–water partition coefficient (Wildman–Crippen LogP) is 2.97. The Balaban J connectivity index is 1.40. The Kier molecular flexibility index (Phi) is 9.50. The molecular weight excluding hydrogens is 402 g/mol. The molecule has 2 aromatic carbocycles. The Morgan fingerprint density at radius 2 is 1.69 bits per heavy atom. The lowest BCUT2D eigenvalue weighted by Gasteiger charge is -2.36. The van der Waals surface area contributed by atoms with Crippen LogP contribution in [0.2, 0.25) is 0 Å². The summed E-state index contributed by atoms with van der Waals surface area (Å²) in [5.74, 6) is 2.30. The van der Waals surface area contributed by atoms with Crippen LogP contribution in [0.4, 0.5) is 5.69 Å². The molecule has 0 amide bonds. The number of nitrogens with one attached hydrogen (secondary N) is 2. The number of hydrogen-bond acceptors (Lipinski definition) is 5. The van der Waals surface area contributed by atoms with Crippen molar-refractivity contribution in [3.8, 4) is 11.5 Å². The molecule has 0 atom stereocenters. The van der Waals surface area contributed by atoms with Crippen LogP contribution in [0, 0.1) is 0 Å². The average molecular weight is 440 g/mol. The summed E-state index contributed by atoms with van der Waals surface area (Å²) in [5, 5.41) is 6.79. The first-order chi connectivity index (χ1) is 15.7. The summed E-state index contributed by atoms with van der Waals surface area (Å²) in [4.78, 5) is 9.74. The second-order valence-corrected chi connectivity index (χ2v) is 7.83. The number of anilines is 1. The van der Waals surface area contributed by atoms with E-state index in [-0.39, 0.29) is 0 Å². The van der Waals surface area contributed by atoms with Gasteiger partial charge in [-0.2, -0.15) is 0 Å². The number of guanidine groups is 1. The van der Waals surface area contributed by atoms with E-state index in [1.54, 1.807) is 14.2 Å². The fourth-order valence-corrected chi connectivity index (χ4v) is 3.87. The minimum Gasteiger partial charge on any atom is -0.493 e. The van der Waals surface area contributed by atoms with Gasteiger partial charge in [-0.1, -0.05) is 24.3 Å². The summed E-state index contributed by atoms with van der Waals surface area (Å²) < 4.78 is 10.7. The fraction of sp³-hybridized carbons (Fsp3) is 0.480. The van der Waals surface area contributed by atoms with Crippen LogP contribution < -0.4 is 25.0 Å². The van der Waals surface area contributed by atoms with Crippen molar-refractivity contribution < 1.29 is 9.47 Å². The first-order valence-corrected chi connectivity index (χ1v) is 11.5. The van der Waals surface area contributed by atoms with Gasteiger partial charge in [0.05, 0.1) is 20.8 Å². The van der Waals surface area contributed by atoms with E-state index in [9.17, 15) is 0 Å². The summed E-state index contributed by atoms with van der Waals surface area (Å²) in [5.41, 5.74) is 2.41. The van der Waals surface area contributed by atoms with Crippen LogP contribution in [-0.4, -0.2) is 70.9 Å². The third-order valence-electron chi connectivity index (χ3n) is 5.65. The zero-order chi connectivity index (χ0) is 22.6. The summed E-state index contributed by atoms with van der Waals surface area (Å²) in [6, 6.07) is 16.6. The highest BCUT2D eigenvalue weighted by Crippen LogP contribution is 2.27. The number of piperazine rings is 1. The number of rotatable bonds is 10. The molecule has 7 nitrogen and oxygen atoms in total. The van der Waals surface area contributed by atoms with Gasteiger partial charge >= 0.3 is 0 Å². The average Bonchev–Trinajstić information content (AvgIpc) is 2.85. The van der Waals surface area contributed by atoms with E-state index in [1.807, 2.05) is 18.2 Å². The fourth-order valence-electron chi connectivity index (χ4n) is 3.87. The minimum absolute atomic E-state index is 0.580. The first kappa shape index (κ1) is 23.7. The van der Waals surface area contributed by atoms with Crippen molar-refractivity contribution in [2.75, 3.05) is 64.9 Å². The minimum atomic E-state index is 0.580. The molecule has 0 spiro atoms. The Bertz CT molecular complexity index is 835. The maximum Gasteiger partial charge on any atom is 0.191 e. The van der Waals surface area contributed by atoms with Crippen LogP contribution in [0.5, 0.6) is 11.5 Å². The molecule has 2 aromatic rings. The second-order valence-electron chi connectivity index (χ2n) is 7.83. The van der Waals surface area contributed by atoms with E-state index < -0.39 is 0 Å². The van der Waals surface area contributed by atoms with Crippen LogP contribution in [0.3, 0.4) is 0 Å². The standard InChI is InChI=1S/C25H37N5O2/c1-4-26-25(28-20-21-11-12-23(31-2)24(19-21)32-3)27-13-8-14-29-15-17-30(18-16-29)22-9-6-5-7-10-22/h5-7,9-12,19H,4,8,13-18,20H2,1-3H3,(H2,26,27,28). The molecule has 2 N–H and O–H groups in total. The molecule has 0 radical (unpaired) electrons. The van der Waals surface area contributed by atoms with Gasteiger partial charge in [0.25, 0.3) is 0 Å². The van der Waals surface area contributed by atoms with Gasteiger partial charge in [0.1, 0.15) is 0 Å². The van der Waals surface area contributed by atoms with Gasteiger partial charge in [-0.3, -0.25) is 4.90 Å². The van der Waals surface area contributed by atoms with Crippen LogP contribution in [-0.2, 0) is 6.54 Å². The Hall–Kier alpha value is -2.93. The number of methoxy groups -OCH3 is 2.